The Kier molecular flexibility index (Phi) is 4.54. The smallest absolute Gasteiger partial charge is 0.311 e. The van der Waals surface area contributed by atoms with E-state index in [0.717, 1.165) is 6.07 Å². The van der Waals surface area contributed by atoms with Gasteiger partial charge in [-0.1, -0.05) is 0 Å². The van der Waals surface area contributed by atoms with Crippen LogP contribution in [0.1, 0.15) is 30.2 Å². The Balaban J connectivity index is 3.18. The Bertz CT molecular complexity index is 546. The van der Waals surface area contributed by atoms with Crippen molar-refractivity contribution in [2.45, 2.75) is 19.8 Å². The lowest BCUT2D eigenvalue weighted by molar-refractivity contribution is -0.142. The summed E-state index contributed by atoms with van der Waals surface area (Å²) in [7, 11) is 0. The number of aromatic amines is 1. The summed E-state index contributed by atoms with van der Waals surface area (Å²) in [5, 5.41) is 8.58. The highest BCUT2D eigenvalue weighted by Gasteiger charge is 2.19. The van der Waals surface area contributed by atoms with E-state index in [4.69, 9.17) is 5.26 Å². The van der Waals surface area contributed by atoms with Crippen molar-refractivity contribution in [3.63, 3.8) is 0 Å². The molecule has 0 saturated carbocycles. The van der Waals surface area contributed by atoms with Crippen molar-refractivity contribution >= 4 is 5.97 Å². The summed E-state index contributed by atoms with van der Waals surface area (Å²) < 4.78 is 30.1. The fourth-order valence-corrected chi connectivity index (χ4v) is 1.37. The molecule has 0 aliphatic heterocycles. The van der Waals surface area contributed by atoms with Crippen LogP contribution >= 0.6 is 0 Å². The lowest BCUT2D eigenvalue weighted by Crippen LogP contribution is -2.19. The molecule has 0 spiro atoms. The molecule has 1 heterocycles. The van der Waals surface area contributed by atoms with Gasteiger partial charge >= 0.3 is 5.97 Å². The van der Waals surface area contributed by atoms with Crippen molar-refractivity contribution < 1.29 is 18.3 Å². The van der Waals surface area contributed by atoms with Gasteiger partial charge in [0.15, 0.2) is 0 Å². The third kappa shape index (κ3) is 3.13. The molecule has 0 bridgehead atoms. The van der Waals surface area contributed by atoms with Crippen LogP contribution in [-0.4, -0.2) is 17.6 Å². The number of ether oxygens (including phenoxy) is 1. The number of nitrogens with zero attached hydrogens (tertiary/aromatic N) is 1. The number of hydrogen-bond donors (Lipinski definition) is 1. The minimum Gasteiger partial charge on any atom is -0.466 e. The predicted octanol–water partition coefficient (Wildman–Crippen LogP) is 1.29. The van der Waals surface area contributed by atoms with Crippen molar-refractivity contribution in [3.8, 4) is 6.07 Å². The summed E-state index contributed by atoms with van der Waals surface area (Å²) in [6, 6.07) is 2.29. The number of nitrogens with one attached hydrogen (secondary N) is 1. The van der Waals surface area contributed by atoms with Crippen LogP contribution in [0.2, 0.25) is 0 Å². The molecular formula is C11H10F2N2O3. The van der Waals surface area contributed by atoms with E-state index >= 15 is 0 Å². The highest BCUT2D eigenvalue weighted by atomic mass is 19.3. The van der Waals surface area contributed by atoms with Crippen LogP contribution in [0.5, 0.6) is 0 Å². The van der Waals surface area contributed by atoms with Crippen molar-refractivity contribution in [3.05, 3.63) is 33.2 Å². The van der Waals surface area contributed by atoms with Crippen LogP contribution in [0.4, 0.5) is 8.78 Å². The van der Waals surface area contributed by atoms with E-state index in [1.165, 1.54) is 6.07 Å². The third-order valence-corrected chi connectivity index (χ3v) is 2.14. The first-order valence-electron chi connectivity index (χ1n) is 5.09. The average molecular weight is 256 g/mol. The summed E-state index contributed by atoms with van der Waals surface area (Å²) in [4.78, 5) is 24.6. The first kappa shape index (κ1) is 13.8. The number of esters is 1. The molecule has 7 heteroatoms. The number of halogens is 2. The summed E-state index contributed by atoms with van der Waals surface area (Å²) in [6.07, 6.45) is -3.35. The zero-order valence-electron chi connectivity index (χ0n) is 9.50. The summed E-state index contributed by atoms with van der Waals surface area (Å²) in [6.45, 7) is 1.69. The van der Waals surface area contributed by atoms with Gasteiger partial charge in [0.25, 0.3) is 12.0 Å². The number of aromatic nitrogens is 1. The second-order valence-electron chi connectivity index (χ2n) is 3.34. The number of nitriles is 1. The van der Waals surface area contributed by atoms with Gasteiger partial charge in [-0.15, -0.1) is 0 Å². The van der Waals surface area contributed by atoms with Crippen LogP contribution in [-0.2, 0) is 16.0 Å². The summed E-state index contributed by atoms with van der Waals surface area (Å²) in [5.74, 6) is -0.722. The van der Waals surface area contributed by atoms with Gasteiger partial charge < -0.3 is 9.72 Å². The second-order valence-corrected chi connectivity index (χ2v) is 3.34. The molecule has 1 N–H and O–H groups in total. The molecule has 0 unspecified atom stereocenters. The second kappa shape index (κ2) is 5.91. The zero-order valence-corrected chi connectivity index (χ0v) is 9.50. The standard InChI is InChI=1S/C11H10F2N2O3/c1-2-18-9(16)4-8-7(10(12)13)3-6(5-14)11(17)15-8/h3,10H,2,4H2,1H3,(H,15,17). The number of rotatable bonds is 4. The Morgan fingerprint density at radius 3 is 2.78 bits per heavy atom. The van der Waals surface area contributed by atoms with E-state index in [9.17, 15) is 18.4 Å². The van der Waals surface area contributed by atoms with E-state index in [1.807, 2.05) is 0 Å². The van der Waals surface area contributed by atoms with Crippen LogP contribution in [0.3, 0.4) is 0 Å². The van der Waals surface area contributed by atoms with E-state index < -0.39 is 35.5 Å². The molecule has 0 atom stereocenters. The summed E-state index contributed by atoms with van der Waals surface area (Å²) in [5.41, 5.74) is -1.99. The molecule has 96 valence electrons. The molecule has 5 nitrogen and oxygen atoms in total. The fourth-order valence-electron chi connectivity index (χ4n) is 1.37. The van der Waals surface area contributed by atoms with Crippen molar-refractivity contribution in [2.24, 2.45) is 0 Å². The van der Waals surface area contributed by atoms with Gasteiger partial charge in [-0.3, -0.25) is 9.59 Å². The third-order valence-electron chi connectivity index (χ3n) is 2.14. The maximum Gasteiger partial charge on any atom is 0.311 e. The normalized spacial score (nSPS) is 10.2. The monoisotopic (exact) mass is 256 g/mol. The number of H-pyrrole nitrogens is 1. The average Bonchev–Trinajstić information content (AvgIpc) is 2.29. The molecule has 0 aliphatic rings. The highest BCUT2D eigenvalue weighted by Crippen LogP contribution is 2.21. The van der Waals surface area contributed by atoms with Gasteiger partial charge in [0.05, 0.1) is 13.0 Å². The van der Waals surface area contributed by atoms with Crippen molar-refractivity contribution in [1.82, 2.24) is 4.98 Å². The van der Waals surface area contributed by atoms with Gasteiger partial charge in [0.1, 0.15) is 11.6 Å². The molecule has 0 aliphatic carbocycles. The molecular weight excluding hydrogens is 246 g/mol. The quantitative estimate of drug-likeness (QED) is 0.823. The Labute approximate surface area is 101 Å². The maximum absolute atomic E-state index is 12.7. The van der Waals surface area contributed by atoms with E-state index in [2.05, 4.69) is 9.72 Å². The minimum atomic E-state index is -2.89. The molecule has 18 heavy (non-hydrogen) atoms. The Hall–Kier alpha value is -2.23. The first-order chi connectivity index (χ1) is 8.49. The van der Waals surface area contributed by atoms with E-state index in [-0.39, 0.29) is 12.3 Å². The topological polar surface area (TPSA) is 83.0 Å². The number of hydrogen-bond acceptors (Lipinski definition) is 4. The zero-order chi connectivity index (χ0) is 13.7. The molecule has 0 amide bonds. The highest BCUT2D eigenvalue weighted by molar-refractivity contribution is 5.72. The molecule has 0 saturated heterocycles. The van der Waals surface area contributed by atoms with Crippen LogP contribution in [0.25, 0.3) is 0 Å². The molecule has 1 aromatic rings. The number of carbonyl (C=O) groups excluding carboxylic acids is 1. The van der Waals surface area contributed by atoms with Crippen molar-refractivity contribution in [1.29, 1.82) is 5.26 Å². The van der Waals surface area contributed by atoms with Gasteiger partial charge in [-0.05, 0) is 13.0 Å². The Morgan fingerprint density at radius 1 is 1.61 bits per heavy atom. The first-order valence-corrected chi connectivity index (χ1v) is 5.09. The number of alkyl halides is 2. The van der Waals surface area contributed by atoms with Crippen molar-refractivity contribution in [2.75, 3.05) is 6.61 Å². The van der Waals surface area contributed by atoms with Gasteiger partial charge in [-0.2, -0.15) is 5.26 Å². The minimum absolute atomic E-state index is 0.114. The largest absolute Gasteiger partial charge is 0.466 e. The van der Waals surface area contributed by atoms with Gasteiger partial charge in [0.2, 0.25) is 0 Å². The van der Waals surface area contributed by atoms with E-state index in [1.54, 1.807) is 6.92 Å². The molecule has 0 aromatic carbocycles. The molecule has 0 radical (unpaired) electrons. The van der Waals surface area contributed by atoms with Gasteiger partial charge in [0, 0.05) is 11.3 Å². The predicted molar refractivity (Wildman–Crippen MR) is 57.1 cm³/mol. The number of carbonyl (C=O) groups is 1. The molecule has 1 rings (SSSR count). The Morgan fingerprint density at radius 2 is 2.28 bits per heavy atom. The molecule has 0 fully saturated rings. The van der Waals surface area contributed by atoms with Crippen LogP contribution in [0, 0.1) is 11.3 Å². The number of pyridine rings is 1. The maximum atomic E-state index is 12.7. The van der Waals surface area contributed by atoms with E-state index in [0.29, 0.717) is 0 Å². The lowest BCUT2D eigenvalue weighted by atomic mass is 10.1. The SMILES string of the molecule is CCOC(=O)Cc1[nH]c(=O)c(C#N)cc1C(F)F. The van der Waals surface area contributed by atoms with Crippen LogP contribution in [0.15, 0.2) is 10.9 Å². The lowest BCUT2D eigenvalue weighted by Gasteiger charge is -2.08. The van der Waals surface area contributed by atoms with Crippen LogP contribution < -0.4 is 5.56 Å². The molecule has 1 aromatic heterocycles. The summed E-state index contributed by atoms with van der Waals surface area (Å²) >= 11 is 0. The fraction of sp³-hybridized carbons (Fsp3) is 0.364. The van der Waals surface area contributed by atoms with Gasteiger partial charge in [-0.25, -0.2) is 8.78 Å².